The Labute approximate surface area is 49.2 Å². The van der Waals surface area contributed by atoms with Crippen LogP contribution >= 0.6 is 8.58 Å². The van der Waals surface area contributed by atoms with E-state index in [0.717, 1.165) is 0 Å². The van der Waals surface area contributed by atoms with Crippen molar-refractivity contribution in [3.63, 3.8) is 0 Å². The smallest absolute Gasteiger partial charge is 0.181 e. The fourth-order valence-corrected chi connectivity index (χ4v) is 0.447. The highest BCUT2D eigenvalue weighted by Crippen LogP contribution is 2.11. The standard InChI is InChI=1S/C3H9O3P.H2O/c1-7-3(6)2(4)5;/h2-7H,1H3;1H2. The molecular formula is C3H11O4P. The molecular weight excluding hydrogens is 131 g/mol. The van der Waals surface area contributed by atoms with Gasteiger partial charge in [-0.15, -0.1) is 0 Å². The van der Waals surface area contributed by atoms with Gasteiger partial charge in [0.25, 0.3) is 0 Å². The molecule has 5 N–H and O–H groups in total. The molecule has 0 heterocycles. The topological polar surface area (TPSA) is 92.2 Å². The maximum atomic E-state index is 8.45. The van der Waals surface area contributed by atoms with Gasteiger partial charge in [0.15, 0.2) is 6.29 Å². The molecule has 0 aliphatic rings. The summed E-state index contributed by atoms with van der Waals surface area (Å²) in [6, 6.07) is 0. The predicted octanol–water partition coefficient (Wildman–Crippen LogP) is -1.90. The molecule has 2 unspecified atom stereocenters. The summed E-state index contributed by atoms with van der Waals surface area (Å²) >= 11 is 0. The Bertz CT molecular complexity index is 48.5. The first-order valence-electron chi connectivity index (χ1n) is 1.90. The first-order valence-corrected chi connectivity index (χ1v) is 3.47. The zero-order chi connectivity index (χ0) is 5.86. The van der Waals surface area contributed by atoms with Crippen LogP contribution in [-0.2, 0) is 0 Å². The van der Waals surface area contributed by atoms with Gasteiger partial charge < -0.3 is 20.8 Å². The van der Waals surface area contributed by atoms with Crippen LogP contribution in [0.1, 0.15) is 0 Å². The van der Waals surface area contributed by atoms with E-state index in [9.17, 15) is 0 Å². The maximum Gasteiger partial charge on any atom is 0.181 e. The Morgan fingerprint density at radius 3 is 1.62 bits per heavy atom. The maximum absolute atomic E-state index is 8.45. The highest BCUT2D eigenvalue weighted by atomic mass is 31.1. The predicted molar refractivity (Wildman–Crippen MR) is 32.1 cm³/mol. The molecule has 0 aromatic rings. The molecule has 8 heavy (non-hydrogen) atoms. The minimum absolute atomic E-state index is 0. The van der Waals surface area contributed by atoms with Crippen LogP contribution in [0.3, 0.4) is 0 Å². The van der Waals surface area contributed by atoms with E-state index in [1.807, 2.05) is 0 Å². The highest BCUT2D eigenvalue weighted by molar-refractivity contribution is 7.37. The average molecular weight is 142 g/mol. The highest BCUT2D eigenvalue weighted by Gasteiger charge is 2.07. The molecule has 0 radical (unpaired) electrons. The van der Waals surface area contributed by atoms with E-state index in [2.05, 4.69) is 0 Å². The van der Waals surface area contributed by atoms with E-state index in [4.69, 9.17) is 15.3 Å². The summed E-state index contributed by atoms with van der Waals surface area (Å²) in [5.74, 6) is -0.958. The van der Waals surface area contributed by atoms with Crippen LogP contribution in [0.25, 0.3) is 0 Å². The van der Waals surface area contributed by atoms with Crippen LogP contribution < -0.4 is 0 Å². The molecule has 0 fully saturated rings. The molecule has 4 nitrogen and oxygen atoms in total. The molecule has 0 spiro atoms. The Hall–Kier alpha value is 0.270. The number of rotatable bonds is 2. The zero-order valence-electron chi connectivity index (χ0n) is 4.50. The second-order valence-corrected chi connectivity index (χ2v) is 2.32. The summed E-state index contributed by atoms with van der Waals surface area (Å²) < 4.78 is 0. The van der Waals surface area contributed by atoms with Crippen LogP contribution in [0.5, 0.6) is 0 Å². The lowest BCUT2D eigenvalue weighted by molar-refractivity contribution is -0.0896. The summed E-state index contributed by atoms with van der Waals surface area (Å²) in [4.78, 5) is 0. The normalized spacial score (nSPS) is 14.6. The second-order valence-electron chi connectivity index (χ2n) is 1.15. The fraction of sp³-hybridized carbons (Fsp3) is 1.00. The van der Waals surface area contributed by atoms with Gasteiger partial charge in [-0.05, 0) is 6.66 Å². The second kappa shape index (κ2) is 5.41. The third kappa shape index (κ3) is 4.43. The van der Waals surface area contributed by atoms with Gasteiger partial charge in [0.05, 0.1) is 0 Å². The minimum Gasteiger partial charge on any atom is -0.412 e. The molecule has 0 bridgehead atoms. The van der Waals surface area contributed by atoms with E-state index in [0.29, 0.717) is 0 Å². The van der Waals surface area contributed by atoms with Crippen LogP contribution in [0.15, 0.2) is 0 Å². The molecule has 0 saturated heterocycles. The van der Waals surface area contributed by atoms with Crippen molar-refractivity contribution in [1.82, 2.24) is 0 Å². The Balaban J connectivity index is 0. The quantitative estimate of drug-likeness (QED) is 0.310. The first kappa shape index (κ1) is 11.1. The Morgan fingerprint density at radius 2 is 1.62 bits per heavy atom. The fourth-order valence-electron chi connectivity index (χ4n) is 0.149. The van der Waals surface area contributed by atoms with Gasteiger partial charge in [0.1, 0.15) is 5.85 Å². The molecule has 0 saturated carbocycles. The van der Waals surface area contributed by atoms with Crippen molar-refractivity contribution in [1.29, 1.82) is 0 Å². The molecule has 5 heteroatoms. The van der Waals surface area contributed by atoms with E-state index < -0.39 is 12.1 Å². The molecule has 0 aromatic heterocycles. The van der Waals surface area contributed by atoms with Crippen molar-refractivity contribution >= 4 is 8.58 Å². The van der Waals surface area contributed by atoms with E-state index in [1.54, 1.807) is 6.66 Å². The van der Waals surface area contributed by atoms with Crippen molar-refractivity contribution < 1.29 is 20.8 Å². The first-order chi connectivity index (χ1) is 3.18. The number of aliphatic hydroxyl groups excluding tert-OH is 2. The van der Waals surface area contributed by atoms with Gasteiger partial charge in [0.2, 0.25) is 0 Å². The lowest BCUT2D eigenvalue weighted by atomic mass is 10.7. The summed E-state index contributed by atoms with van der Waals surface area (Å²) in [7, 11) is 0.167. The van der Waals surface area contributed by atoms with E-state index in [-0.39, 0.29) is 14.1 Å². The summed E-state index contributed by atoms with van der Waals surface area (Å²) in [6.45, 7) is 1.70. The van der Waals surface area contributed by atoms with Crippen LogP contribution in [0, 0.1) is 0 Å². The summed E-state index contributed by atoms with van der Waals surface area (Å²) in [5.41, 5.74) is 0. The lowest BCUT2D eigenvalue weighted by Crippen LogP contribution is -2.19. The molecule has 0 aliphatic heterocycles. The molecule has 0 amide bonds. The van der Waals surface area contributed by atoms with Crippen molar-refractivity contribution in [3.8, 4) is 0 Å². The lowest BCUT2D eigenvalue weighted by Gasteiger charge is -2.07. The van der Waals surface area contributed by atoms with Gasteiger partial charge >= 0.3 is 0 Å². The number of aliphatic hydroxyl groups is 3. The molecule has 0 rings (SSSR count). The average Bonchev–Trinajstić information content (AvgIpc) is 1.65. The van der Waals surface area contributed by atoms with Gasteiger partial charge in [-0.3, -0.25) is 0 Å². The minimum atomic E-state index is -1.57. The van der Waals surface area contributed by atoms with E-state index >= 15 is 0 Å². The van der Waals surface area contributed by atoms with Crippen LogP contribution in [-0.4, -0.2) is 39.6 Å². The Morgan fingerprint density at radius 1 is 1.25 bits per heavy atom. The van der Waals surface area contributed by atoms with Gasteiger partial charge in [-0.1, -0.05) is 8.58 Å². The number of hydrogen-bond acceptors (Lipinski definition) is 3. The van der Waals surface area contributed by atoms with Crippen LogP contribution in [0.4, 0.5) is 0 Å². The summed E-state index contributed by atoms with van der Waals surface area (Å²) in [5, 5.41) is 24.7. The van der Waals surface area contributed by atoms with Crippen molar-refractivity contribution in [2.24, 2.45) is 0 Å². The monoisotopic (exact) mass is 142 g/mol. The summed E-state index contributed by atoms with van der Waals surface area (Å²) in [6.07, 6.45) is -1.57. The largest absolute Gasteiger partial charge is 0.412 e. The third-order valence-corrected chi connectivity index (χ3v) is 1.47. The van der Waals surface area contributed by atoms with Crippen molar-refractivity contribution in [2.75, 3.05) is 6.66 Å². The molecule has 2 atom stereocenters. The van der Waals surface area contributed by atoms with Gasteiger partial charge in [-0.25, -0.2) is 0 Å². The molecule has 52 valence electrons. The van der Waals surface area contributed by atoms with Crippen molar-refractivity contribution in [3.05, 3.63) is 0 Å². The van der Waals surface area contributed by atoms with Gasteiger partial charge in [0, 0.05) is 0 Å². The molecule has 0 aliphatic carbocycles. The van der Waals surface area contributed by atoms with Crippen LogP contribution in [0.2, 0.25) is 0 Å². The zero-order valence-corrected chi connectivity index (χ0v) is 5.50. The van der Waals surface area contributed by atoms with E-state index in [1.165, 1.54) is 0 Å². The SMILES string of the molecule is CPC(O)C(O)O.O. The van der Waals surface area contributed by atoms with Gasteiger partial charge in [-0.2, -0.15) is 0 Å². The third-order valence-electron chi connectivity index (χ3n) is 0.578. The number of hydrogen-bond donors (Lipinski definition) is 3. The molecule has 0 aromatic carbocycles. The van der Waals surface area contributed by atoms with Crippen molar-refractivity contribution in [2.45, 2.75) is 12.1 Å². The Kier molecular flexibility index (Phi) is 7.52.